The summed E-state index contributed by atoms with van der Waals surface area (Å²) < 4.78 is 4.29. The van der Waals surface area contributed by atoms with Gasteiger partial charge >= 0.3 is 5.97 Å². The molecule has 0 radical (unpaired) electrons. The number of hydrogen-bond donors (Lipinski definition) is 0. The third-order valence-electron chi connectivity index (χ3n) is 1.21. The summed E-state index contributed by atoms with van der Waals surface area (Å²) in [5.41, 5.74) is 0. The second-order valence-corrected chi connectivity index (χ2v) is 2.23. The van der Waals surface area contributed by atoms with Crippen LogP contribution in [0.1, 0.15) is 25.7 Å². The third-order valence-corrected chi connectivity index (χ3v) is 1.21. The highest BCUT2D eigenvalue weighted by molar-refractivity contribution is 5.73. The summed E-state index contributed by atoms with van der Waals surface area (Å²) in [7, 11) is 0. The van der Waals surface area contributed by atoms with E-state index in [1.54, 1.807) is 0 Å². The van der Waals surface area contributed by atoms with E-state index < -0.39 is 0 Å². The molecule has 1 heterocycles. The highest BCUT2D eigenvalue weighted by atomic mass is 16.6. The number of ether oxygens (including phenoxy) is 1. The standard InChI is InChI=1S/C5H8O2.C3H4O2/c6-4-2-1-3-5-7;4-3-1-2-5-3/h4-5H,1-3H2;1-2H2. The number of carbonyl (C=O) groups excluding carboxylic acids is 3. The van der Waals surface area contributed by atoms with Crippen LogP contribution in [-0.4, -0.2) is 25.1 Å². The van der Waals surface area contributed by atoms with Crippen LogP contribution in [0, 0.1) is 0 Å². The van der Waals surface area contributed by atoms with Crippen LogP contribution < -0.4 is 0 Å². The zero-order valence-corrected chi connectivity index (χ0v) is 6.82. The molecule has 0 aromatic carbocycles. The Hall–Kier alpha value is -1.19. The summed E-state index contributed by atoms with van der Waals surface area (Å²) >= 11 is 0. The molecule has 0 amide bonds. The summed E-state index contributed by atoms with van der Waals surface area (Å²) in [6.07, 6.45) is 4.00. The molecule has 1 aliphatic rings. The second-order valence-electron chi connectivity index (χ2n) is 2.23. The van der Waals surface area contributed by atoms with Crippen molar-refractivity contribution < 1.29 is 19.1 Å². The molecule has 4 nitrogen and oxygen atoms in total. The highest BCUT2D eigenvalue weighted by Gasteiger charge is 2.10. The Morgan fingerprint density at radius 2 is 1.67 bits per heavy atom. The lowest BCUT2D eigenvalue weighted by molar-refractivity contribution is -0.157. The summed E-state index contributed by atoms with van der Waals surface area (Å²) in [4.78, 5) is 28.8. The summed E-state index contributed by atoms with van der Waals surface area (Å²) in [5.74, 6) is -0.0648. The topological polar surface area (TPSA) is 60.4 Å². The monoisotopic (exact) mass is 172 g/mol. The molecule has 4 heteroatoms. The first-order valence-corrected chi connectivity index (χ1v) is 3.84. The zero-order chi connectivity index (χ0) is 9.23. The van der Waals surface area contributed by atoms with Crippen molar-refractivity contribution in [3.05, 3.63) is 0 Å². The van der Waals surface area contributed by atoms with Crippen LogP contribution in [0.3, 0.4) is 0 Å². The maximum Gasteiger partial charge on any atom is 0.309 e. The molecule has 0 saturated carbocycles. The maximum absolute atomic E-state index is 9.68. The fourth-order valence-corrected chi connectivity index (χ4v) is 0.470. The lowest BCUT2D eigenvalue weighted by Gasteiger charge is -2.09. The normalized spacial score (nSPS) is 13.2. The van der Waals surface area contributed by atoms with E-state index in [1.165, 1.54) is 0 Å². The van der Waals surface area contributed by atoms with Gasteiger partial charge in [0.1, 0.15) is 19.2 Å². The minimum Gasteiger partial charge on any atom is -0.465 e. The molecule has 0 spiro atoms. The number of hydrogen-bond acceptors (Lipinski definition) is 4. The van der Waals surface area contributed by atoms with E-state index >= 15 is 0 Å². The summed E-state index contributed by atoms with van der Waals surface area (Å²) in [6, 6.07) is 0. The Morgan fingerprint density at radius 3 is 1.83 bits per heavy atom. The Morgan fingerprint density at radius 1 is 1.25 bits per heavy atom. The van der Waals surface area contributed by atoms with Gasteiger partial charge in [-0.25, -0.2) is 0 Å². The number of esters is 1. The third kappa shape index (κ3) is 6.92. The van der Waals surface area contributed by atoms with E-state index in [0.717, 1.165) is 12.6 Å². The Kier molecular flexibility index (Phi) is 7.13. The number of carbonyl (C=O) groups is 3. The molecule has 68 valence electrons. The quantitative estimate of drug-likeness (QED) is 0.351. The van der Waals surface area contributed by atoms with Crippen LogP contribution in [0.4, 0.5) is 0 Å². The predicted octanol–water partition coefficient (Wildman–Crippen LogP) is 0.488. The van der Waals surface area contributed by atoms with Crippen LogP contribution in [0.5, 0.6) is 0 Å². The van der Waals surface area contributed by atoms with Gasteiger partial charge in [0.15, 0.2) is 0 Å². The molecule has 1 aliphatic heterocycles. The van der Waals surface area contributed by atoms with Gasteiger partial charge in [-0.1, -0.05) is 0 Å². The second kappa shape index (κ2) is 7.91. The van der Waals surface area contributed by atoms with Crippen LogP contribution in [0.2, 0.25) is 0 Å². The number of rotatable bonds is 4. The molecule has 0 N–H and O–H groups in total. The van der Waals surface area contributed by atoms with E-state index in [0.29, 0.717) is 32.3 Å². The Labute approximate surface area is 70.9 Å². The van der Waals surface area contributed by atoms with Crippen molar-refractivity contribution >= 4 is 18.5 Å². The van der Waals surface area contributed by atoms with Crippen molar-refractivity contribution in [3.63, 3.8) is 0 Å². The van der Waals surface area contributed by atoms with Crippen molar-refractivity contribution in [2.24, 2.45) is 0 Å². The number of unbranched alkanes of at least 4 members (excludes halogenated alkanes) is 2. The van der Waals surface area contributed by atoms with Gasteiger partial charge in [0, 0.05) is 12.8 Å². The first-order valence-electron chi connectivity index (χ1n) is 3.84. The fraction of sp³-hybridized carbons (Fsp3) is 0.625. The van der Waals surface area contributed by atoms with Crippen molar-refractivity contribution in [3.8, 4) is 0 Å². The van der Waals surface area contributed by atoms with Crippen LogP contribution in [0.15, 0.2) is 0 Å². The van der Waals surface area contributed by atoms with E-state index in [9.17, 15) is 14.4 Å². The molecular weight excluding hydrogens is 160 g/mol. The molecule has 0 bridgehead atoms. The van der Waals surface area contributed by atoms with E-state index in [-0.39, 0.29) is 5.97 Å². The van der Waals surface area contributed by atoms with Gasteiger partial charge in [0.25, 0.3) is 0 Å². The average molecular weight is 172 g/mol. The minimum atomic E-state index is -0.0648. The van der Waals surface area contributed by atoms with Gasteiger partial charge in [-0.15, -0.1) is 0 Å². The summed E-state index contributed by atoms with van der Waals surface area (Å²) in [5, 5.41) is 0. The molecule has 0 unspecified atom stereocenters. The molecule has 0 aromatic rings. The van der Waals surface area contributed by atoms with Crippen molar-refractivity contribution in [1.29, 1.82) is 0 Å². The van der Waals surface area contributed by atoms with E-state index in [2.05, 4.69) is 4.74 Å². The molecule has 0 aliphatic carbocycles. The molecule has 0 atom stereocenters. The van der Waals surface area contributed by atoms with Gasteiger partial charge < -0.3 is 14.3 Å². The average Bonchev–Trinajstić information content (AvgIpc) is 2.03. The van der Waals surface area contributed by atoms with Gasteiger partial charge in [-0.05, 0) is 6.42 Å². The Balaban J connectivity index is 0.000000211. The lowest BCUT2D eigenvalue weighted by atomic mass is 10.3. The largest absolute Gasteiger partial charge is 0.465 e. The first kappa shape index (κ1) is 10.8. The molecule has 12 heavy (non-hydrogen) atoms. The van der Waals surface area contributed by atoms with Crippen LogP contribution >= 0.6 is 0 Å². The van der Waals surface area contributed by atoms with Crippen molar-refractivity contribution in [2.45, 2.75) is 25.7 Å². The molecular formula is C8H12O4. The van der Waals surface area contributed by atoms with Crippen molar-refractivity contribution in [2.75, 3.05) is 6.61 Å². The SMILES string of the molecule is O=C1CCO1.O=CCCCC=O. The molecule has 1 saturated heterocycles. The smallest absolute Gasteiger partial charge is 0.309 e. The molecule has 0 aromatic heterocycles. The van der Waals surface area contributed by atoms with E-state index in [4.69, 9.17) is 0 Å². The fourth-order valence-electron chi connectivity index (χ4n) is 0.470. The van der Waals surface area contributed by atoms with Gasteiger partial charge in [0.2, 0.25) is 0 Å². The predicted molar refractivity (Wildman–Crippen MR) is 41.6 cm³/mol. The lowest BCUT2D eigenvalue weighted by Crippen LogP contribution is -2.18. The summed E-state index contributed by atoms with van der Waals surface area (Å²) in [6.45, 7) is 0.638. The maximum atomic E-state index is 9.68. The van der Waals surface area contributed by atoms with Crippen molar-refractivity contribution in [1.82, 2.24) is 0 Å². The number of aldehydes is 2. The molecule has 1 rings (SSSR count). The van der Waals surface area contributed by atoms with Gasteiger partial charge in [0.05, 0.1) is 6.42 Å². The van der Waals surface area contributed by atoms with E-state index in [1.807, 2.05) is 0 Å². The van der Waals surface area contributed by atoms with Gasteiger partial charge in [-0.3, -0.25) is 4.79 Å². The molecule has 1 fully saturated rings. The zero-order valence-electron chi connectivity index (χ0n) is 6.82. The minimum absolute atomic E-state index is 0.0648. The first-order chi connectivity index (χ1) is 5.81. The van der Waals surface area contributed by atoms with Crippen LogP contribution in [-0.2, 0) is 19.1 Å². The Bertz CT molecular complexity index is 139. The highest BCUT2D eigenvalue weighted by Crippen LogP contribution is 1.97. The number of cyclic esters (lactones) is 1. The van der Waals surface area contributed by atoms with Gasteiger partial charge in [-0.2, -0.15) is 0 Å². The van der Waals surface area contributed by atoms with Crippen LogP contribution in [0.25, 0.3) is 0 Å².